The van der Waals surface area contributed by atoms with Crippen molar-refractivity contribution >= 4 is 97.3 Å². The van der Waals surface area contributed by atoms with Gasteiger partial charge < -0.3 is 20.8 Å². The maximum atomic E-state index is 14.2. The summed E-state index contributed by atoms with van der Waals surface area (Å²) in [7, 11) is -0.344. The Morgan fingerprint density at radius 1 is 0.667 bits per heavy atom. The third kappa shape index (κ3) is 10.1. The van der Waals surface area contributed by atoms with Crippen LogP contribution in [-0.2, 0) is 9.31 Å². The van der Waals surface area contributed by atoms with Gasteiger partial charge in [0.1, 0.15) is 23.3 Å². The van der Waals surface area contributed by atoms with Crippen LogP contribution in [0.5, 0.6) is 0 Å². The molecule has 7 rings (SSSR count). The van der Waals surface area contributed by atoms with Gasteiger partial charge in [-0.3, -0.25) is 0 Å². The zero-order chi connectivity index (χ0) is 44.3. The van der Waals surface area contributed by atoms with Gasteiger partial charge in [-0.2, -0.15) is 10.5 Å². The predicted octanol–water partition coefficient (Wildman–Crippen LogP) is 10.7. The number of aryl methyl sites for hydroxylation is 4. The first-order chi connectivity index (χ1) is 28.2. The monoisotopic (exact) mass is 910 g/mol. The average Bonchev–Trinajstić information content (AvgIpc) is 3.36. The topological polar surface area (TPSA) is 170 Å². The van der Waals surface area contributed by atoms with Gasteiger partial charge >= 0.3 is 7.12 Å². The Hall–Kier alpha value is -5.48. The van der Waals surface area contributed by atoms with Crippen molar-refractivity contribution in [3.8, 4) is 23.3 Å². The van der Waals surface area contributed by atoms with E-state index in [9.17, 15) is 8.78 Å². The second-order valence-corrected chi connectivity index (χ2v) is 16.5. The molecule has 306 valence electrons. The molecule has 0 spiro atoms. The van der Waals surface area contributed by atoms with Crippen molar-refractivity contribution in [3.05, 3.63) is 121 Å². The molecule has 60 heavy (non-hydrogen) atoms. The van der Waals surface area contributed by atoms with Crippen LogP contribution in [-0.4, -0.2) is 38.3 Å². The van der Waals surface area contributed by atoms with Crippen LogP contribution in [0.1, 0.15) is 61.1 Å². The molecule has 10 nitrogen and oxygen atoms in total. The number of nitriles is 2. The number of fused-ring (bicyclic) bond motifs is 2. The number of hydrogen-bond donors (Lipinski definition) is 2. The van der Waals surface area contributed by atoms with Crippen molar-refractivity contribution in [1.82, 2.24) is 19.9 Å². The highest BCUT2D eigenvalue weighted by molar-refractivity contribution is 9.10. The summed E-state index contributed by atoms with van der Waals surface area (Å²) in [5, 5.41) is 18.2. The summed E-state index contributed by atoms with van der Waals surface area (Å²) < 4.78 is 40.0. The van der Waals surface area contributed by atoms with E-state index in [2.05, 4.69) is 89.5 Å². The number of nitrogens with two attached hydrogens (primary N) is 2. The summed E-state index contributed by atoms with van der Waals surface area (Å²) in [6, 6.07) is 17.3. The Bertz CT molecular complexity index is 2700. The van der Waals surface area contributed by atoms with E-state index in [1.807, 2.05) is 44.2 Å². The minimum Gasteiger partial charge on any atom is -0.399 e. The molecule has 16 heteroatoms. The van der Waals surface area contributed by atoms with E-state index in [4.69, 9.17) is 54.5 Å². The normalized spacial score (nSPS) is 14.2. The molecule has 1 fully saturated rings. The zero-order valence-electron chi connectivity index (χ0n) is 34.0. The molecular formula is C44H40BBrCl2F2N8O2. The van der Waals surface area contributed by atoms with Crippen molar-refractivity contribution < 1.29 is 18.1 Å². The van der Waals surface area contributed by atoms with Gasteiger partial charge in [0.05, 0.1) is 34.4 Å². The number of aromatic nitrogens is 4. The van der Waals surface area contributed by atoms with E-state index in [1.54, 1.807) is 6.08 Å². The third-order valence-corrected chi connectivity index (χ3v) is 11.1. The van der Waals surface area contributed by atoms with Gasteiger partial charge in [-0.1, -0.05) is 35.4 Å². The van der Waals surface area contributed by atoms with Gasteiger partial charge in [0.2, 0.25) is 10.6 Å². The lowest BCUT2D eigenvalue weighted by atomic mass is 9.73. The molecule has 6 aromatic rings. The first-order valence-electron chi connectivity index (χ1n) is 18.4. The molecule has 0 radical (unpaired) electrons. The smallest absolute Gasteiger partial charge is 0.399 e. The van der Waals surface area contributed by atoms with E-state index in [0.717, 1.165) is 44.4 Å². The highest BCUT2D eigenvalue weighted by Crippen LogP contribution is 2.38. The number of hydrogen-bond acceptors (Lipinski definition) is 10. The second kappa shape index (κ2) is 18.4. The van der Waals surface area contributed by atoms with Crippen molar-refractivity contribution in [2.45, 2.75) is 66.6 Å². The van der Waals surface area contributed by atoms with Gasteiger partial charge in [0, 0.05) is 33.0 Å². The van der Waals surface area contributed by atoms with Crippen molar-refractivity contribution in [2.24, 2.45) is 0 Å². The number of nitrogens with zero attached hydrogens (tertiary/aromatic N) is 6. The molecule has 1 saturated heterocycles. The number of benzene rings is 4. The van der Waals surface area contributed by atoms with Crippen LogP contribution in [0.15, 0.2) is 65.2 Å². The van der Waals surface area contributed by atoms with Crippen LogP contribution in [0.2, 0.25) is 10.6 Å². The summed E-state index contributed by atoms with van der Waals surface area (Å²) in [6.07, 6.45) is 6.44. The minimum absolute atomic E-state index is 0.0155. The first-order valence-corrected chi connectivity index (χ1v) is 19.9. The van der Waals surface area contributed by atoms with Crippen LogP contribution in [0.25, 0.3) is 45.1 Å². The largest absolute Gasteiger partial charge is 0.495 e. The number of nitrogen functional groups attached to an aromatic ring is 2. The minimum atomic E-state index is -0.424. The maximum absolute atomic E-state index is 14.2. The van der Waals surface area contributed by atoms with Gasteiger partial charge in [-0.25, -0.2) is 28.7 Å². The SMILES string of the molecule is Cc1cc(/C=C/C#N)cc(C)c1-c1cc(F)cc2c(N)nc(Cl)nc12.Cc1cc(/C=C/C#N)cc(C)c1B1OC(C)(C)C(C)(C)O1.Nc1nc(Cl)nc2c(Br)cc(F)cc12. The van der Waals surface area contributed by atoms with E-state index >= 15 is 0 Å². The van der Waals surface area contributed by atoms with E-state index in [1.165, 1.54) is 36.4 Å². The van der Waals surface area contributed by atoms with E-state index in [-0.39, 0.29) is 40.5 Å². The molecular weight excluding hydrogens is 872 g/mol. The zero-order valence-corrected chi connectivity index (χ0v) is 37.1. The molecule has 0 atom stereocenters. The molecule has 1 aliphatic rings. The Kier molecular flexibility index (Phi) is 14.0. The van der Waals surface area contributed by atoms with Gasteiger partial charge in [0.15, 0.2) is 0 Å². The van der Waals surface area contributed by atoms with Crippen LogP contribution in [0, 0.1) is 62.0 Å². The lowest BCUT2D eigenvalue weighted by molar-refractivity contribution is 0.00578. The van der Waals surface area contributed by atoms with Crippen LogP contribution in [0.4, 0.5) is 20.4 Å². The van der Waals surface area contributed by atoms with Gasteiger partial charge in [-0.15, -0.1) is 0 Å². The molecule has 4 N–H and O–H groups in total. The highest BCUT2D eigenvalue weighted by atomic mass is 79.9. The van der Waals surface area contributed by atoms with Crippen LogP contribution >= 0.6 is 39.1 Å². The summed E-state index contributed by atoms with van der Waals surface area (Å²) in [5.74, 6) is -0.519. The van der Waals surface area contributed by atoms with E-state index in [0.29, 0.717) is 31.8 Å². The predicted molar refractivity (Wildman–Crippen MR) is 241 cm³/mol. The summed E-state index contributed by atoms with van der Waals surface area (Å²) in [5.41, 5.74) is 20.3. The Balaban J connectivity index is 0.000000177. The van der Waals surface area contributed by atoms with E-state index < -0.39 is 11.6 Å². The lowest BCUT2D eigenvalue weighted by Gasteiger charge is -2.32. The first kappa shape index (κ1) is 45.6. The maximum Gasteiger partial charge on any atom is 0.495 e. The number of anilines is 2. The molecule has 0 saturated carbocycles. The fourth-order valence-corrected chi connectivity index (χ4v) is 7.63. The van der Waals surface area contributed by atoms with Crippen molar-refractivity contribution in [2.75, 3.05) is 11.5 Å². The highest BCUT2D eigenvalue weighted by Gasteiger charge is 2.52. The van der Waals surface area contributed by atoms with Gasteiger partial charge in [0.25, 0.3) is 0 Å². The summed E-state index contributed by atoms with van der Waals surface area (Å²) >= 11 is 14.7. The number of rotatable bonds is 4. The summed E-state index contributed by atoms with van der Waals surface area (Å²) in [6.45, 7) is 16.2. The molecule has 0 unspecified atom stereocenters. The molecule has 2 aromatic heterocycles. The number of halogens is 5. The fourth-order valence-electron chi connectivity index (χ4n) is 6.76. The molecule has 0 aliphatic carbocycles. The Morgan fingerprint density at radius 3 is 1.55 bits per heavy atom. The molecule has 0 bridgehead atoms. The quantitative estimate of drug-likeness (QED) is 0.0986. The lowest BCUT2D eigenvalue weighted by Crippen LogP contribution is -2.41. The number of allylic oxidation sites excluding steroid dienone is 2. The molecule has 0 amide bonds. The summed E-state index contributed by atoms with van der Waals surface area (Å²) in [4.78, 5) is 15.8. The second-order valence-electron chi connectivity index (χ2n) is 15.0. The standard InChI is InChI=1S/C19H14ClFN4.C17H22BNO2.C8H4BrClFN3/c1-10-6-12(4-3-5-22)7-11(2)16(10)14-8-13(21)9-15-17(14)24-19(20)25-18(15)23;1-12-10-14(8-7-9-19)11-13(2)15(12)18-20-16(3,4)17(5,6)21-18;9-5-2-3(11)1-4-6(5)13-8(10)14-7(4)12/h3-4,6-9H,1-2H3,(H2,23,24,25);7-8,10-11H,1-6H3;1-2H,(H2,12,13,14)/b4-3+;8-7+;. The van der Waals surface area contributed by atoms with Crippen molar-refractivity contribution in [3.63, 3.8) is 0 Å². The Morgan fingerprint density at radius 2 is 1.08 bits per heavy atom. The van der Waals surface area contributed by atoms with Gasteiger partial charge in [-0.05, 0) is 164 Å². The molecule has 4 aromatic carbocycles. The van der Waals surface area contributed by atoms with Crippen molar-refractivity contribution in [1.29, 1.82) is 10.5 Å². The fraction of sp³-hybridized carbons (Fsp3) is 0.227. The third-order valence-electron chi connectivity index (χ3n) is 10.1. The Labute approximate surface area is 366 Å². The van der Waals surface area contributed by atoms with Crippen LogP contribution < -0.4 is 16.9 Å². The molecule has 1 aliphatic heterocycles. The molecule has 3 heterocycles. The average molecular weight is 912 g/mol. The van der Waals surface area contributed by atoms with Crippen LogP contribution in [0.3, 0.4) is 0 Å².